The number of nitrogens with one attached hydrogen (secondary N) is 2. The van der Waals surface area contributed by atoms with Crippen molar-refractivity contribution in [2.24, 2.45) is 5.41 Å². The predicted molar refractivity (Wildman–Crippen MR) is 172 cm³/mol. The Balaban J connectivity index is 1.23. The Morgan fingerprint density at radius 3 is 2.52 bits per heavy atom. The number of hydrogen-bond donors (Lipinski definition) is 2. The van der Waals surface area contributed by atoms with Crippen LogP contribution in [0.15, 0.2) is 24.4 Å². The molecule has 1 saturated carbocycles. The van der Waals surface area contributed by atoms with E-state index in [0.717, 1.165) is 43.0 Å². The first-order valence-electron chi connectivity index (χ1n) is 15.4. The third kappa shape index (κ3) is 5.16. The number of aromatic nitrogens is 2. The summed E-state index contributed by atoms with van der Waals surface area (Å²) in [5.74, 6) is 1.93. The molecular formula is C32H46BN7O2. The van der Waals surface area contributed by atoms with Crippen LogP contribution in [0.5, 0.6) is 5.75 Å². The zero-order valence-electron chi connectivity index (χ0n) is 26.4. The summed E-state index contributed by atoms with van der Waals surface area (Å²) in [4.78, 5) is 30.2. The number of benzene rings is 1. The number of carbonyl (C=O) groups is 1. The maximum atomic E-state index is 13.3. The van der Waals surface area contributed by atoms with Crippen molar-refractivity contribution in [3.8, 4) is 5.75 Å². The molecule has 10 heteroatoms. The topological polar surface area (TPSA) is 85.6 Å². The molecule has 2 N–H and O–H groups in total. The van der Waals surface area contributed by atoms with Crippen LogP contribution in [0, 0.1) is 5.41 Å². The number of ether oxygens (including phenoxy) is 1. The molecule has 1 aromatic heterocycles. The van der Waals surface area contributed by atoms with Crippen molar-refractivity contribution in [2.45, 2.75) is 96.3 Å². The molecule has 4 aliphatic rings. The number of fused-ring (bicyclic) bond motifs is 2. The molecule has 0 radical (unpaired) electrons. The third-order valence-electron chi connectivity index (χ3n) is 10.2. The van der Waals surface area contributed by atoms with E-state index in [2.05, 4.69) is 74.5 Å². The summed E-state index contributed by atoms with van der Waals surface area (Å²) < 4.78 is 5.73. The molecular weight excluding hydrogens is 525 g/mol. The predicted octanol–water partition coefficient (Wildman–Crippen LogP) is 4.23. The van der Waals surface area contributed by atoms with Crippen LogP contribution in [0.2, 0.25) is 0 Å². The first-order valence-corrected chi connectivity index (χ1v) is 15.4. The first kappa shape index (κ1) is 29.0. The van der Waals surface area contributed by atoms with Gasteiger partial charge in [0.2, 0.25) is 0 Å². The van der Waals surface area contributed by atoms with Crippen molar-refractivity contribution in [1.29, 1.82) is 0 Å². The fourth-order valence-corrected chi connectivity index (χ4v) is 7.75. The van der Waals surface area contributed by atoms with Crippen molar-refractivity contribution < 1.29 is 9.53 Å². The van der Waals surface area contributed by atoms with Crippen molar-refractivity contribution in [3.05, 3.63) is 30.0 Å². The van der Waals surface area contributed by atoms with Crippen LogP contribution in [-0.2, 0) is 0 Å². The average Bonchev–Trinajstić information content (AvgIpc) is 3.38. The first-order chi connectivity index (χ1) is 19.8. The Morgan fingerprint density at radius 1 is 1.10 bits per heavy atom. The quantitative estimate of drug-likeness (QED) is 0.394. The standard InChI is InChI=1S/C32H46BN7O2/c1-30(2)18-39(22-10-8-9-11-22)26-24(38(6)28(30)33)17-34-29(37-26)36-23-13-12-20(14-25(23)42-7)27(41)35-21-15-31(3,4)40-19-32(40,5)16-21/h12-14,17,21-22,33H,8-11,15-16,18-19H2,1-7H3,(H,35,41)(H,34,36,37). The molecule has 3 atom stereocenters. The van der Waals surface area contributed by atoms with E-state index in [1.807, 2.05) is 18.3 Å². The van der Waals surface area contributed by atoms with Crippen molar-refractivity contribution in [3.63, 3.8) is 0 Å². The van der Waals surface area contributed by atoms with E-state index in [1.165, 1.54) is 25.7 Å². The van der Waals surface area contributed by atoms with E-state index in [1.54, 1.807) is 13.2 Å². The van der Waals surface area contributed by atoms with E-state index in [-0.39, 0.29) is 28.4 Å². The van der Waals surface area contributed by atoms with Crippen LogP contribution in [0.3, 0.4) is 0 Å². The van der Waals surface area contributed by atoms with E-state index in [4.69, 9.17) is 14.7 Å². The normalized spacial score (nSPS) is 28.0. The Morgan fingerprint density at radius 2 is 1.83 bits per heavy atom. The second kappa shape index (κ2) is 10.2. The fraction of sp³-hybridized carbons (Fsp3) is 0.625. The van der Waals surface area contributed by atoms with Gasteiger partial charge in [0.1, 0.15) is 0 Å². The molecule has 1 aromatic carbocycles. The van der Waals surface area contributed by atoms with Crippen LogP contribution in [0.25, 0.3) is 0 Å². The van der Waals surface area contributed by atoms with Gasteiger partial charge in [-0.1, -0.05) is 0 Å². The minimum atomic E-state index is -0.103. The van der Waals surface area contributed by atoms with Gasteiger partial charge in [0, 0.05) is 23.7 Å². The Hall–Kier alpha value is -3.14. The second-order valence-electron chi connectivity index (χ2n) is 14.4. The molecule has 1 amide bonds. The van der Waals surface area contributed by atoms with Crippen LogP contribution in [0.4, 0.5) is 23.1 Å². The zero-order valence-corrected chi connectivity index (χ0v) is 26.4. The number of piperidine rings is 1. The molecule has 2 aromatic rings. The van der Waals surface area contributed by atoms with Crippen molar-refractivity contribution in [1.82, 2.24) is 20.2 Å². The third-order valence-corrected chi connectivity index (χ3v) is 10.2. The van der Waals surface area contributed by atoms with Gasteiger partial charge in [-0.15, -0.1) is 0 Å². The average molecular weight is 572 g/mol. The molecule has 9 nitrogen and oxygen atoms in total. The molecule has 1 aliphatic carbocycles. The van der Waals surface area contributed by atoms with E-state index >= 15 is 0 Å². The summed E-state index contributed by atoms with van der Waals surface area (Å²) >= 11 is 0. The molecule has 3 unspecified atom stereocenters. The van der Waals surface area contributed by atoms with Crippen LogP contribution in [0.1, 0.15) is 83.5 Å². The molecule has 3 aliphatic heterocycles. The van der Waals surface area contributed by atoms with Gasteiger partial charge in [-0.25, -0.2) is 0 Å². The van der Waals surface area contributed by atoms with E-state index < -0.39 is 0 Å². The number of nitrogens with zero attached hydrogens (tertiary/aromatic N) is 5. The second-order valence-corrected chi connectivity index (χ2v) is 14.4. The zero-order chi connectivity index (χ0) is 30.0. The SMILES string of the molecule is B=C1N(C)c2cnc(Nc3ccc(C(=O)NC4CC(C)(C)N5CC5(C)C4)cc3OC)nc2N(C2CCCC2)CC1(C)C. The van der Waals surface area contributed by atoms with Gasteiger partial charge in [-0.05, 0) is 33.6 Å². The number of methoxy groups -OCH3 is 1. The maximum absolute atomic E-state index is 13.3. The van der Waals surface area contributed by atoms with Gasteiger partial charge in [0.15, 0.2) is 0 Å². The molecule has 0 bridgehead atoms. The van der Waals surface area contributed by atoms with Gasteiger partial charge in [0.05, 0.1) is 0 Å². The molecule has 2 saturated heterocycles. The molecule has 6 rings (SSSR count). The fourth-order valence-electron chi connectivity index (χ4n) is 7.75. The summed E-state index contributed by atoms with van der Waals surface area (Å²) in [5, 5.41) is 6.67. The minimum absolute atomic E-state index is 0.0716. The van der Waals surface area contributed by atoms with Crippen LogP contribution in [-0.4, -0.2) is 84.3 Å². The molecule has 42 heavy (non-hydrogen) atoms. The van der Waals surface area contributed by atoms with Gasteiger partial charge in [-0.2, -0.15) is 0 Å². The molecule has 4 heterocycles. The number of anilines is 4. The van der Waals surface area contributed by atoms with Crippen LogP contribution >= 0.6 is 0 Å². The van der Waals surface area contributed by atoms with Gasteiger partial charge in [-0.3, -0.25) is 9.69 Å². The van der Waals surface area contributed by atoms with Crippen molar-refractivity contribution >= 4 is 42.1 Å². The summed E-state index contributed by atoms with van der Waals surface area (Å²) in [6, 6.07) is 6.12. The van der Waals surface area contributed by atoms with Gasteiger partial charge >= 0.3 is 179 Å². The number of amides is 1. The Labute approximate surface area is 251 Å². The number of rotatable bonds is 6. The van der Waals surface area contributed by atoms with Crippen molar-refractivity contribution in [2.75, 3.05) is 42.4 Å². The summed E-state index contributed by atoms with van der Waals surface area (Å²) in [5.41, 5.74) is 3.51. The van der Waals surface area contributed by atoms with E-state index in [0.29, 0.717) is 29.0 Å². The van der Waals surface area contributed by atoms with E-state index in [9.17, 15) is 4.79 Å². The van der Waals surface area contributed by atoms with Gasteiger partial charge < -0.3 is 5.32 Å². The number of carbonyl (C=O) groups excluding carboxylic acids is 1. The monoisotopic (exact) mass is 571 g/mol. The molecule has 3 fully saturated rings. The molecule has 0 spiro atoms. The summed E-state index contributed by atoms with van der Waals surface area (Å²) in [7, 11) is 8.11. The Bertz CT molecular complexity index is 1410. The number of hydrogen-bond acceptors (Lipinski definition) is 8. The summed E-state index contributed by atoms with van der Waals surface area (Å²) in [6.07, 6.45) is 8.65. The summed E-state index contributed by atoms with van der Waals surface area (Å²) in [6.45, 7) is 13.3. The molecule has 224 valence electrons. The van der Waals surface area contributed by atoms with Gasteiger partial charge in [0.25, 0.3) is 0 Å². The van der Waals surface area contributed by atoms with Crippen LogP contribution < -0.4 is 25.2 Å². The Kier molecular flexibility index (Phi) is 7.07.